The molecule has 0 spiro atoms. The highest BCUT2D eigenvalue weighted by Crippen LogP contribution is 2.11. The summed E-state index contributed by atoms with van der Waals surface area (Å²) in [4.78, 5) is 33.7. The SMILES string of the molecule is CSCc1ccc(C(=O)NC(CCC(N)=O)C(=O)O)cc1. The number of primary amides is 1. The van der Waals surface area contributed by atoms with Crippen LogP contribution < -0.4 is 11.1 Å². The van der Waals surface area contributed by atoms with Crippen LogP contribution in [0.3, 0.4) is 0 Å². The van der Waals surface area contributed by atoms with Crippen molar-refractivity contribution in [1.82, 2.24) is 5.32 Å². The van der Waals surface area contributed by atoms with Crippen LogP contribution in [0, 0.1) is 0 Å². The summed E-state index contributed by atoms with van der Waals surface area (Å²) in [7, 11) is 0. The van der Waals surface area contributed by atoms with Crippen molar-refractivity contribution in [1.29, 1.82) is 0 Å². The minimum absolute atomic E-state index is 0.0268. The highest BCUT2D eigenvalue weighted by molar-refractivity contribution is 7.97. The molecule has 114 valence electrons. The van der Waals surface area contributed by atoms with Crippen molar-refractivity contribution in [3.63, 3.8) is 0 Å². The first-order valence-corrected chi connectivity index (χ1v) is 7.73. The Labute approximate surface area is 127 Å². The molecule has 1 atom stereocenters. The number of carboxylic acid groups (broad SMARTS) is 1. The van der Waals surface area contributed by atoms with Crippen molar-refractivity contribution in [2.75, 3.05) is 6.26 Å². The number of aliphatic carboxylic acids is 1. The standard InChI is InChI=1S/C14H18N2O4S/c1-21-8-9-2-4-10(5-3-9)13(18)16-11(14(19)20)6-7-12(15)17/h2-5,11H,6-8H2,1H3,(H2,15,17)(H,16,18)(H,19,20). The van der Waals surface area contributed by atoms with Crippen LogP contribution in [0.5, 0.6) is 0 Å². The lowest BCUT2D eigenvalue weighted by Crippen LogP contribution is -2.41. The van der Waals surface area contributed by atoms with E-state index in [0.29, 0.717) is 5.56 Å². The quantitative estimate of drug-likeness (QED) is 0.663. The maximum Gasteiger partial charge on any atom is 0.326 e. The second-order valence-corrected chi connectivity index (χ2v) is 5.37. The summed E-state index contributed by atoms with van der Waals surface area (Å²) in [5.74, 6) is -1.43. The Kier molecular flexibility index (Phi) is 6.74. The molecular weight excluding hydrogens is 292 g/mol. The van der Waals surface area contributed by atoms with Crippen LogP contribution >= 0.6 is 11.8 Å². The lowest BCUT2D eigenvalue weighted by molar-refractivity contribution is -0.139. The van der Waals surface area contributed by atoms with E-state index in [0.717, 1.165) is 11.3 Å². The van der Waals surface area contributed by atoms with Crippen LogP contribution in [-0.2, 0) is 15.3 Å². The first-order chi connectivity index (χ1) is 9.93. The maximum absolute atomic E-state index is 12.0. The molecule has 0 aliphatic rings. The van der Waals surface area contributed by atoms with E-state index in [1.807, 2.05) is 18.4 Å². The molecule has 0 saturated heterocycles. The topological polar surface area (TPSA) is 109 Å². The normalized spacial score (nSPS) is 11.7. The van der Waals surface area contributed by atoms with Gasteiger partial charge in [-0.3, -0.25) is 9.59 Å². The van der Waals surface area contributed by atoms with E-state index in [4.69, 9.17) is 10.8 Å². The molecular formula is C14H18N2O4S. The van der Waals surface area contributed by atoms with E-state index in [-0.39, 0.29) is 12.8 Å². The first kappa shape index (κ1) is 17.0. The molecule has 0 aromatic heterocycles. The zero-order valence-electron chi connectivity index (χ0n) is 11.7. The molecule has 21 heavy (non-hydrogen) atoms. The number of nitrogens with two attached hydrogens (primary N) is 1. The van der Waals surface area contributed by atoms with Gasteiger partial charge in [0.25, 0.3) is 5.91 Å². The van der Waals surface area contributed by atoms with E-state index in [1.165, 1.54) is 0 Å². The van der Waals surface area contributed by atoms with Crippen LogP contribution in [0.1, 0.15) is 28.8 Å². The Balaban J connectivity index is 2.67. The highest BCUT2D eigenvalue weighted by atomic mass is 32.2. The average Bonchev–Trinajstić information content (AvgIpc) is 2.43. The molecule has 1 aromatic rings. The summed E-state index contributed by atoms with van der Waals surface area (Å²) in [6.07, 6.45) is 1.86. The predicted molar refractivity (Wildman–Crippen MR) is 81.0 cm³/mol. The average molecular weight is 310 g/mol. The van der Waals surface area contributed by atoms with Gasteiger partial charge in [-0.2, -0.15) is 11.8 Å². The van der Waals surface area contributed by atoms with Gasteiger partial charge in [-0.05, 0) is 30.4 Å². The Bertz CT molecular complexity index is 516. The molecule has 0 radical (unpaired) electrons. The van der Waals surface area contributed by atoms with E-state index >= 15 is 0 Å². The molecule has 0 saturated carbocycles. The Hall–Kier alpha value is -2.02. The number of benzene rings is 1. The molecule has 0 heterocycles. The number of hydrogen-bond acceptors (Lipinski definition) is 4. The number of thioether (sulfide) groups is 1. The fraction of sp³-hybridized carbons (Fsp3) is 0.357. The summed E-state index contributed by atoms with van der Waals surface area (Å²) < 4.78 is 0. The summed E-state index contributed by atoms with van der Waals surface area (Å²) in [5.41, 5.74) is 6.45. The number of hydrogen-bond donors (Lipinski definition) is 3. The van der Waals surface area contributed by atoms with Gasteiger partial charge in [-0.25, -0.2) is 4.79 Å². The number of amides is 2. The molecule has 7 heteroatoms. The van der Waals surface area contributed by atoms with Crippen molar-refractivity contribution < 1.29 is 19.5 Å². The maximum atomic E-state index is 12.0. The predicted octanol–water partition coefficient (Wildman–Crippen LogP) is 0.998. The first-order valence-electron chi connectivity index (χ1n) is 6.34. The lowest BCUT2D eigenvalue weighted by Gasteiger charge is -2.13. The second kappa shape index (κ2) is 8.31. The van der Waals surface area contributed by atoms with Crippen LogP contribution in [0.2, 0.25) is 0 Å². The lowest BCUT2D eigenvalue weighted by atomic mass is 10.1. The summed E-state index contributed by atoms with van der Waals surface area (Å²) in [6.45, 7) is 0. The zero-order valence-corrected chi connectivity index (χ0v) is 12.5. The van der Waals surface area contributed by atoms with Crippen LogP contribution in [0.15, 0.2) is 24.3 Å². The number of rotatable bonds is 8. The number of nitrogens with one attached hydrogen (secondary N) is 1. The van der Waals surface area contributed by atoms with E-state index in [1.54, 1.807) is 23.9 Å². The third-order valence-corrected chi connectivity index (χ3v) is 3.43. The fourth-order valence-corrected chi connectivity index (χ4v) is 2.23. The van der Waals surface area contributed by atoms with Crippen LogP contribution in [-0.4, -0.2) is 35.2 Å². The molecule has 1 aromatic carbocycles. The van der Waals surface area contributed by atoms with Crippen molar-refractivity contribution in [2.45, 2.75) is 24.6 Å². The summed E-state index contributed by atoms with van der Waals surface area (Å²) in [6, 6.07) is 5.81. The molecule has 1 unspecified atom stereocenters. The molecule has 0 fully saturated rings. The smallest absolute Gasteiger partial charge is 0.326 e. The van der Waals surface area contributed by atoms with Gasteiger partial charge in [0.2, 0.25) is 5.91 Å². The van der Waals surface area contributed by atoms with Crippen molar-refractivity contribution >= 4 is 29.5 Å². The molecule has 0 aliphatic carbocycles. The molecule has 4 N–H and O–H groups in total. The van der Waals surface area contributed by atoms with Gasteiger partial charge in [0.15, 0.2) is 0 Å². The Morgan fingerprint density at radius 1 is 1.29 bits per heavy atom. The Morgan fingerprint density at radius 2 is 1.90 bits per heavy atom. The zero-order chi connectivity index (χ0) is 15.8. The summed E-state index contributed by atoms with van der Waals surface area (Å²) in [5, 5.41) is 11.4. The van der Waals surface area contributed by atoms with E-state index in [2.05, 4.69) is 5.32 Å². The number of carbonyl (C=O) groups excluding carboxylic acids is 2. The highest BCUT2D eigenvalue weighted by Gasteiger charge is 2.21. The third-order valence-electron chi connectivity index (χ3n) is 2.81. The van der Waals surface area contributed by atoms with Crippen LogP contribution in [0.4, 0.5) is 0 Å². The molecule has 1 rings (SSSR count). The number of carboxylic acids is 1. The van der Waals surface area contributed by atoms with Crippen molar-refractivity contribution in [3.8, 4) is 0 Å². The molecule has 2 amide bonds. The third kappa shape index (κ3) is 5.86. The van der Waals surface area contributed by atoms with Gasteiger partial charge >= 0.3 is 5.97 Å². The van der Waals surface area contributed by atoms with E-state index < -0.39 is 23.8 Å². The summed E-state index contributed by atoms with van der Waals surface area (Å²) >= 11 is 1.67. The molecule has 0 aliphatic heterocycles. The molecule has 6 nitrogen and oxygen atoms in total. The van der Waals surface area contributed by atoms with Gasteiger partial charge in [0, 0.05) is 17.7 Å². The van der Waals surface area contributed by atoms with Crippen molar-refractivity contribution in [3.05, 3.63) is 35.4 Å². The van der Waals surface area contributed by atoms with Gasteiger partial charge in [0.05, 0.1) is 0 Å². The van der Waals surface area contributed by atoms with E-state index in [9.17, 15) is 14.4 Å². The molecule has 0 bridgehead atoms. The monoisotopic (exact) mass is 310 g/mol. The Morgan fingerprint density at radius 3 is 2.38 bits per heavy atom. The minimum atomic E-state index is -1.19. The van der Waals surface area contributed by atoms with Gasteiger partial charge in [-0.1, -0.05) is 12.1 Å². The van der Waals surface area contributed by atoms with Gasteiger partial charge in [0.1, 0.15) is 6.04 Å². The van der Waals surface area contributed by atoms with Crippen LogP contribution in [0.25, 0.3) is 0 Å². The largest absolute Gasteiger partial charge is 0.480 e. The fourth-order valence-electron chi connectivity index (χ4n) is 1.70. The van der Waals surface area contributed by atoms with Crippen molar-refractivity contribution in [2.24, 2.45) is 5.73 Å². The minimum Gasteiger partial charge on any atom is -0.480 e. The number of carbonyl (C=O) groups is 3. The van der Waals surface area contributed by atoms with Gasteiger partial charge < -0.3 is 16.2 Å². The second-order valence-electron chi connectivity index (χ2n) is 4.50. The van der Waals surface area contributed by atoms with Gasteiger partial charge in [-0.15, -0.1) is 0 Å².